The Hall–Kier alpha value is -1.57. The number of nitrogens with zero attached hydrogens (tertiary/aromatic N) is 2. The largest absolute Gasteiger partial charge is 0.244 e. The maximum absolute atomic E-state index is 4.69. The highest BCUT2D eigenvalue weighted by Crippen LogP contribution is 2.37. The Morgan fingerprint density at radius 1 is 0.541 bits per heavy atom. The van der Waals surface area contributed by atoms with Gasteiger partial charge in [0.05, 0.1) is 5.92 Å². The minimum absolute atomic E-state index is 0.499. The van der Waals surface area contributed by atoms with Crippen LogP contribution in [0.4, 0.5) is 0 Å². The summed E-state index contributed by atoms with van der Waals surface area (Å²) < 4.78 is 0. The zero-order valence-electron chi connectivity index (χ0n) is 24.6. The lowest BCUT2D eigenvalue weighted by atomic mass is 9.78. The van der Waals surface area contributed by atoms with Crippen molar-refractivity contribution in [3.8, 4) is 0 Å². The molecule has 0 fully saturated rings. The first-order valence-electron chi connectivity index (χ1n) is 16.3. The van der Waals surface area contributed by atoms with Gasteiger partial charge >= 0.3 is 0 Å². The Morgan fingerprint density at radius 3 is 1.49 bits per heavy atom. The predicted octanol–water partition coefficient (Wildman–Crippen LogP) is 11.3. The molecule has 0 N–H and O–H groups in total. The first kappa shape index (κ1) is 31.6. The monoisotopic (exact) mass is 507 g/mol. The van der Waals surface area contributed by atoms with Crippen molar-refractivity contribution in [3.63, 3.8) is 0 Å². The summed E-state index contributed by atoms with van der Waals surface area (Å²) in [5.74, 6) is 1.15. The van der Waals surface area contributed by atoms with Gasteiger partial charge in [-0.2, -0.15) is 0 Å². The third kappa shape index (κ3) is 15.4. The number of hydrogen-bond acceptors (Lipinski definition) is 2. The van der Waals surface area contributed by atoms with Crippen molar-refractivity contribution in [3.05, 3.63) is 42.1 Å². The van der Waals surface area contributed by atoms with E-state index >= 15 is 0 Å². The Balaban J connectivity index is 1.66. The van der Waals surface area contributed by atoms with Crippen LogP contribution in [-0.4, -0.2) is 12.4 Å². The van der Waals surface area contributed by atoms with Crippen LogP contribution in [0.25, 0.3) is 0 Å². The number of rotatable bonds is 25. The van der Waals surface area contributed by atoms with Gasteiger partial charge in [-0.15, -0.1) is 0 Å². The fraction of sp³-hybridized carbons (Fsp3) is 0.743. The molecule has 2 atom stereocenters. The van der Waals surface area contributed by atoms with E-state index in [0.29, 0.717) is 11.8 Å². The first-order valence-corrected chi connectivity index (χ1v) is 16.3. The van der Waals surface area contributed by atoms with E-state index in [1.165, 1.54) is 140 Å². The molecule has 0 saturated carbocycles. The van der Waals surface area contributed by atoms with Gasteiger partial charge in [0.1, 0.15) is 0 Å². The van der Waals surface area contributed by atoms with Gasteiger partial charge in [0, 0.05) is 0 Å². The lowest BCUT2D eigenvalue weighted by Gasteiger charge is -2.26. The van der Waals surface area contributed by atoms with Crippen LogP contribution in [0.2, 0.25) is 0 Å². The molecule has 1 aromatic carbocycles. The molecule has 1 heterocycles. The highest BCUT2D eigenvalue weighted by Gasteiger charge is 2.35. The summed E-state index contributed by atoms with van der Waals surface area (Å²) in [6.07, 6.45) is 35.3. The Bertz CT molecular complexity index is 668. The molecule has 0 saturated heterocycles. The number of unbranched alkanes of at least 4 members (excludes halogenated alkanes) is 17. The van der Waals surface area contributed by atoms with Gasteiger partial charge in [-0.3, -0.25) is 0 Å². The fourth-order valence-electron chi connectivity index (χ4n) is 5.95. The molecule has 208 valence electrons. The topological polar surface area (TPSA) is 24.7 Å². The summed E-state index contributed by atoms with van der Waals surface area (Å²) in [7, 11) is 0. The fourth-order valence-corrected chi connectivity index (χ4v) is 5.95. The Labute approximate surface area is 231 Å². The van der Waals surface area contributed by atoms with Crippen molar-refractivity contribution in [2.75, 3.05) is 0 Å². The molecular formula is C35H59N2+. The van der Waals surface area contributed by atoms with E-state index in [2.05, 4.69) is 54.2 Å². The Kier molecular flexibility index (Phi) is 19.2. The lowest BCUT2D eigenvalue weighted by molar-refractivity contribution is 0.284. The summed E-state index contributed by atoms with van der Waals surface area (Å²) in [5.41, 5.74) is 1.47. The van der Waals surface area contributed by atoms with Gasteiger partial charge in [0.2, 0.25) is 6.17 Å². The van der Waals surface area contributed by atoms with E-state index in [9.17, 15) is 0 Å². The van der Waals surface area contributed by atoms with Crippen LogP contribution >= 0.6 is 0 Å². The molecule has 0 spiro atoms. The summed E-state index contributed by atoms with van der Waals surface area (Å²) in [6, 6.07) is 11.1. The van der Waals surface area contributed by atoms with Crippen molar-refractivity contribution in [2.45, 2.75) is 155 Å². The van der Waals surface area contributed by atoms with Crippen LogP contribution in [0, 0.1) is 18.0 Å². The van der Waals surface area contributed by atoms with Crippen LogP contribution in [0.15, 0.2) is 40.3 Å². The van der Waals surface area contributed by atoms with Crippen molar-refractivity contribution >= 4 is 12.4 Å². The summed E-state index contributed by atoms with van der Waals surface area (Å²) >= 11 is 0. The second-order valence-corrected chi connectivity index (χ2v) is 11.6. The van der Waals surface area contributed by atoms with E-state index in [1.807, 2.05) is 12.4 Å². The molecule has 0 aromatic heterocycles. The second kappa shape index (κ2) is 22.4. The maximum Gasteiger partial charge on any atom is 0.244 e. The number of benzene rings is 1. The summed E-state index contributed by atoms with van der Waals surface area (Å²) in [4.78, 5) is 9.38. The normalized spacial score (nSPS) is 14.5. The highest BCUT2D eigenvalue weighted by atomic mass is 15.0. The molecule has 1 aromatic rings. The van der Waals surface area contributed by atoms with Crippen molar-refractivity contribution in [1.82, 2.24) is 0 Å². The molecule has 1 aliphatic rings. The maximum atomic E-state index is 4.69. The van der Waals surface area contributed by atoms with Gasteiger partial charge in [0.25, 0.3) is 0 Å². The SMILES string of the molecule is CCCCCCCCCCCCCCCCCC(Cc1ccccc1)C(CCCCCC)[C+]1N=CC=N1. The molecule has 0 radical (unpaired) electrons. The van der Waals surface area contributed by atoms with Gasteiger partial charge in [-0.1, -0.05) is 176 Å². The van der Waals surface area contributed by atoms with Crippen molar-refractivity contribution in [1.29, 1.82) is 0 Å². The van der Waals surface area contributed by atoms with E-state index in [4.69, 9.17) is 0 Å². The zero-order valence-corrected chi connectivity index (χ0v) is 24.6. The van der Waals surface area contributed by atoms with Crippen LogP contribution in [0.5, 0.6) is 0 Å². The quantitative estimate of drug-likeness (QED) is 0.0928. The molecule has 2 unspecified atom stereocenters. The molecule has 2 rings (SSSR count). The third-order valence-corrected chi connectivity index (χ3v) is 8.27. The molecule has 37 heavy (non-hydrogen) atoms. The van der Waals surface area contributed by atoms with Crippen LogP contribution < -0.4 is 0 Å². The van der Waals surface area contributed by atoms with Gasteiger partial charge in [-0.05, 0) is 30.7 Å². The van der Waals surface area contributed by atoms with E-state index in [0.717, 1.165) is 12.6 Å². The van der Waals surface area contributed by atoms with E-state index in [-0.39, 0.29) is 0 Å². The molecule has 0 amide bonds. The minimum Gasteiger partial charge on any atom is -0.0965 e. The first-order chi connectivity index (χ1) is 18.3. The standard InChI is InChI=1S/C35H59N2/c1-3-5-7-9-10-11-12-13-14-15-16-17-18-19-23-27-33(31-32-25-21-20-22-26-32)34(28-24-8-6-4-2)35-36-29-30-37-35/h20-22,25-26,29-30,33-34H,3-19,23-24,27-28,31H2,1-2H3/q+1. The van der Waals surface area contributed by atoms with Crippen LogP contribution in [-0.2, 0) is 6.42 Å². The van der Waals surface area contributed by atoms with E-state index < -0.39 is 0 Å². The average Bonchev–Trinajstić information content (AvgIpc) is 3.46. The number of hydrogen-bond donors (Lipinski definition) is 0. The predicted molar refractivity (Wildman–Crippen MR) is 166 cm³/mol. The average molecular weight is 508 g/mol. The highest BCUT2D eigenvalue weighted by molar-refractivity contribution is 6.18. The second-order valence-electron chi connectivity index (χ2n) is 11.6. The molecule has 0 aliphatic carbocycles. The molecule has 1 aliphatic heterocycles. The van der Waals surface area contributed by atoms with Crippen LogP contribution in [0.1, 0.15) is 154 Å². The van der Waals surface area contributed by atoms with Crippen LogP contribution in [0.3, 0.4) is 0 Å². The van der Waals surface area contributed by atoms with Crippen molar-refractivity contribution < 1.29 is 0 Å². The minimum atomic E-state index is 0.499. The molecular weight excluding hydrogens is 448 g/mol. The summed E-state index contributed by atoms with van der Waals surface area (Å²) in [6.45, 7) is 4.60. The third-order valence-electron chi connectivity index (χ3n) is 8.27. The molecule has 2 heteroatoms. The molecule has 0 bridgehead atoms. The summed E-state index contributed by atoms with van der Waals surface area (Å²) in [5, 5.41) is 0. The number of aliphatic imine (C=N–C) groups is 2. The smallest absolute Gasteiger partial charge is 0.0965 e. The van der Waals surface area contributed by atoms with E-state index in [1.54, 1.807) is 0 Å². The van der Waals surface area contributed by atoms with Gasteiger partial charge in [-0.25, -0.2) is 0 Å². The lowest BCUT2D eigenvalue weighted by Crippen LogP contribution is -2.22. The van der Waals surface area contributed by atoms with Gasteiger partial charge < -0.3 is 0 Å². The Morgan fingerprint density at radius 2 is 0.973 bits per heavy atom. The zero-order chi connectivity index (χ0) is 26.2. The van der Waals surface area contributed by atoms with Crippen molar-refractivity contribution in [2.24, 2.45) is 21.8 Å². The molecule has 2 nitrogen and oxygen atoms in total. The van der Waals surface area contributed by atoms with Gasteiger partial charge in [0.15, 0.2) is 12.4 Å².